The molecule has 32 heavy (non-hydrogen) atoms. The van der Waals surface area contributed by atoms with E-state index < -0.39 is 11.7 Å². The molecule has 8 heteroatoms. The predicted octanol–water partition coefficient (Wildman–Crippen LogP) is 5.79. The van der Waals surface area contributed by atoms with E-state index in [-0.39, 0.29) is 33.8 Å². The van der Waals surface area contributed by atoms with Gasteiger partial charge in [0.05, 0.1) is 23.4 Å². The Morgan fingerprint density at radius 1 is 1.00 bits per heavy atom. The molecule has 0 aliphatic heterocycles. The van der Waals surface area contributed by atoms with Crippen LogP contribution >= 0.6 is 0 Å². The molecular formula is C24H19F3N4O. The van der Waals surface area contributed by atoms with Crippen molar-refractivity contribution in [3.8, 4) is 40.3 Å². The van der Waals surface area contributed by atoms with Crippen LogP contribution in [0.4, 0.5) is 19.0 Å². The molecule has 2 aromatic carbocycles. The number of anilines is 1. The van der Waals surface area contributed by atoms with Gasteiger partial charge in [-0.05, 0) is 35.7 Å². The molecule has 0 spiro atoms. The molecule has 2 N–H and O–H groups in total. The number of nitrogens with zero attached hydrogens (tertiary/aromatic N) is 3. The van der Waals surface area contributed by atoms with Gasteiger partial charge in [-0.3, -0.25) is 0 Å². The summed E-state index contributed by atoms with van der Waals surface area (Å²) in [6.45, 7) is 4.52. The van der Waals surface area contributed by atoms with E-state index in [0.717, 1.165) is 12.1 Å². The first-order valence-corrected chi connectivity index (χ1v) is 9.70. The quantitative estimate of drug-likeness (QED) is 0.546. The summed E-state index contributed by atoms with van der Waals surface area (Å²) in [5.74, 6) is 0.758. The van der Waals surface area contributed by atoms with Crippen molar-refractivity contribution < 1.29 is 17.9 Å². The van der Waals surface area contributed by atoms with Crippen LogP contribution in [0.3, 0.4) is 0 Å². The molecule has 0 aliphatic carbocycles. The van der Waals surface area contributed by atoms with Crippen molar-refractivity contribution in [2.45, 2.75) is 20.0 Å². The molecule has 0 aliphatic rings. The van der Waals surface area contributed by atoms with Gasteiger partial charge in [0.2, 0.25) is 0 Å². The van der Waals surface area contributed by atoms with Gasteiger partial charge >= 0.3 is 6.18 Å². The van der Waals surface area contributed by atoms with Crippen molar-refractivity contribution in [3.63, 3.8) is 0 Å². The van der Waals surface area contributed by atoms with Crippen molar-refractivity contribution in [1.29, 1.82) is 10.5 Å². The third kappa shape index (κ3) is 4.65. The summed E-state index contributed by atoms with van der Waals surface area (Å²) in [5.41, 5.74) is 6.29. The highest BCUT2D eigenvalue weighted by Gasteiger charge is 2.30. The highest BCUT2D eigenvalue weighted by Crippen LogP contribution is 2.38. The first-order chi connectivity index (χ1) is 15.2. The van der Waals surface area contributed by atoms with E-state index in [1.54, 1.807) is 24.3 Å². The Morgan fingerprint density at radius 2 is 1.66 bits per heavy atom. The lowest BCUT2D eigenvalue weighted by molar-refractivity contribution is -0.137. The highest BCUT2D eigenvalue weighted by molar-refractivity contribution is 5.87. The van der Waals surface area contributed by atoms with Crippen LogP contribution < -0.4 is 10.5 Å². The van der Waals surface area contributed by atoms with Crippen LogP contribution in [0.15, 0.2) is 48.5 Å². The molecule has 0 amide bonds. The van der Waals surface area contributed by atoms with E-state index in [1.807, 2.05) is 26.0 Å². The van der Waals surface area contributed by atoms with Crippen LogP contribution in [0, 0.1) is 28.6 Å². The third-order valence-corrected chi connectivity index (χ3v) is 4.64. The van der Waals surface area contributed by atoms with Crippen molar-refractivity contribution in [1.82, 2.24) is 4.98 Å². The fourth-order valence-corrected chi connectivity index (χ4v) is 3.15. The second kappa shape index (κ2) is 8.99. The lowest BCUT2D eigenvalue weighted by Crippen LogP contribution is -2.06. The summed E-state index contributed by atoms with van der Waals surface area (Å²) in [4.78, 5) is 4.26. The normalized spacial score (nSPS) is 11.1. The molecule has 5 nitrogen and oxygen atoms in total. The molecule has 0 unspecified atom stereocenters. The molecule has 1 heterocycles. The molecule has 1 aromatic heterocycles. The highest BCUT2D eigenvalue weighted by atomic mass is 19.4. The number of hydrogen-bond acceptors (Lipinski definition) is 5. The fraction of sp³-hybridized carbons (Fsp3) is 0.208. The van der Waals surface area contributed by atoms with Gasteiger partial charge in [0.1, 0.15) is 29.3 Å². The minimum absolute atomic E-state index is 0.0384. The SMILES string of the molecule is CC(C)COc1cccc(-c2nc(N)c(C#N)c(-c3ccc(C(F)(F)F)cc3)c2C#N)c1. The standard InChI is InChI=1S/C24H19F3N4O/c1-14(2)13-32-18-5-3-4-16(10-18)22-19(11-28)21(20(12-29)23(30)31-22)15-6-8-17(9-7-15)24(25,26)27/h3-10,14H,13H2,1-2H3,(H2,30,31). The number of hydrogen-bond donors (Lipinski definition) is 1. The van der Waals surface area contributed by atoms with Gasteiger partial charge in [-0.2, -0.15) is 23.7 Å². The number of nitrogens with two attached hydrogens (primary N) is 1. The zero-order valence-corrected chi connectivity index (χ0v) is 17.4. The van der Waals surface area contributed by atoms with Crippen molar-refractivity contribution in [3.05, 3.63) is 65.2 Å². The molecule has 0 saturated heterocycles. The van der Waals surface area contributed by atoms with E-state index in [1.165, 1.54) is 12.1 Å². The largest absolute Gasteiger partial charge is 0.493 e. The Bertz CT molecular complexity index is 1220. The van der Waals surface area contributed by atoms with Crippen LogP contribution in [0.5, 0.6) is 5.75 Å². The maximum atomic E-state index is 13.0. The van der Waals surface area contributed by atoms with Crippen LogP contribution in [0.25, 0.3) is 22.4 Å². The summed E-state index contributed by atoms with van der Waals surface area (Å²) in [5, 5.41) is 19.5. The molecule has 0 radical (unpaired) electrons. The molecule has 0 atom stereocenters. The van der Waals surface area contributed by atoms with Gasteiger partial charge in [0.25, 0.3) is 0 Å². The maximum Gasteiger partial charge on any atom is 0.416 e. The number of benzene rings is 2. The molecule has 3 aromatic rings. The lowest BCUT2D eigenvalue weighted by atomic mass is 9.92. The summed E-state index contributed by atoms with van der Waals surface area (Å²) < 4.78 is 44.6. The Balaban J connectivity index is 2.20. The number of nitrogen functional groups attached to an aromatic ring is 1. The number of nitriles is 2. The lowest BCUT2D eigenvalue weighted by Gasteiger charge is -2.15. The maximum absolute atomic E-state index is 13.0. The second-order valence-corrected chi connectivity index (χ2v) is 7.50. The first-order valence-electron chi connectivity index (χ1n) is 9.70. The summed E-state index contributed by atoms with van der Waals surface area (Å²) in [6, 6.07) is 15.1. The zero-order chi connectivity index (χ0) is 23.5. The number of halogens is 3. The van der Waals surface area contributed by atoms with Gasteiger partial charge in [0, 0.05) is 11.1 Å². The van der Waals surface area contributed by atoms with Crippen molar-refractivity contribution >= 4 is 5.82 Å². The Morgan fingerprint density at radius 3 is 2.22 bits per heavy atom. The minimum Gasteiger partial charge on any atom is -0.493 e. The van der Waals surface area contributed by atoms with Gasteiger partial charge < -0.3 is 10.5 Å². The van der Waals surface area contributed by atoms with Crippen LogP contribution in [0.1, 0.15) is 30.5 Å². The van der Waals surface area contributed by atoms with Gasteiger partial charge in [-0.15, -0.1) is 0 Å². The number of alkyl halides is 3. The first kappa shape index (κ1) is 22.6. The van der Waals surface area contributed by atoms with Gasteiger partial charge in [-0.25, -0.2) is 4.98 Å². The van der Waals surface area contributed by atoms with Gasteiger partial charge in [-0.1, -0.05) is 38.1 Å². The average Bonchev–Trinajstić information content (AvgIpc) is 2.76. The zero-order valence-electron chi connectivity index (χ0n) is 17.4. The predicted molar refractivity (Wildman–Crippen MR) is 114 cm³/mol. The molecule has 0 bridgehead atoms. The van der Waals surface area contributed by atoms with E-state index in [0.29, 0.717) is 23.8 Å². The van der Waals surface area contributed by atoms with E-state index >= 15 is 0 Å². The molecule has 3 rings (SSSR count). The second-order valence-electron chi connectivity index (χ2n) is 7.50. The summed E-state index contributed by atoms with van der Waals surface area (Å²) in [6.07, 6.45) is -4.51. The Labute approximate surface area is 183 Å². The molecule has 162 valence electrons. The molecule has 0 saturated carbocycles. The number of rotatable bonds is 5. The van der Waals surface area contributed by atoms with Crippen LogP contribution in [0.2, 0.25) is 0 Å². The molecule has 0 fully saturated rings. The molecular weight excluding hydrogens is 417 g/mol. The monoisotopic (exact) mass is 436 g/mol. The summed E-state index contributed by atoms with van der Waals surface area (Å²) >= 11 is 0. The van der Waals surface area contributed by atoms with Crippen molar-refractivity contribution in [2.24, 2.45) is 5.92 Å². The number of ether oxygens (including phenoxy) is 1. The van der Waals surface area contributed by atoms with E-state index in [4.69, 9.17) is 10.5 Å². The van der Waals surface area contributed by atoms with Crippen molar-refractivity contribution in [2.75, 3.05) is 12.3 Å². The van der Waals surface area contributed by atoms with Gasteiger partial charge in [0.15, 0.2) is 0 Å². The minimum atomic E-state index is -4.51. The van der Waals surface area contributed by atoms with E-state index in [2.05, 4.69) is 4.98 Å². The van der Waals surface area contributed by atoms with Crippen LogP contribution in [-0.4, -0.2) is 11.6 Å². The third-order valence-electron chi connectivity index (χ3n) is 4.64. The topological polar surface area (TPSA) is 95.7 Å². The smallest absolute Gasteiger partial charge is 0.416 e. The Kier molecular flexibility index (Phi) is 6.36. The summed E-state index contributed by atoms with van der Waals surface area (Å²) in [7, 11) is 0. The number of aromatic nitrogens is 1. The Hall–Kier alpha value is -4.04. The van der Waals surface area contributed by atoms with Crippen LogP contribution in [-0.2, 0) is 6.18 Å². The number of pyridine rings is 1. The average molecular weight is 436 g/mol. The fourth-order valence-electron chi connectivity index (χ4n) is 3.15. The van der Waals surface area contributed by atoms with E-state index in [9.17, 15) is 23.7 Å².